The van der Waals surface area contributed by atoms with Crippen molar-refractivity contribution < 1.29 is 0 Å². The molecule has 74 valence electrons. The SMILES string of the molecule is Cc1ccc(C(Br)c2sccc2Cl)s1. The van der Waals surface area contributed by atoms with Gasteiger partial charge in [-0.1, -0.05) is 27.5 Å². The summed E-state index contributed by atoms with van der Waals surface area (Å²) in [6.07, 6.45) is 0. The summed E-state index contributed by atoms with van der Waals surface area (Å²) >= 11 is 13.2. The maximum absolute atomic E-state index is 6.08. The zero-order chi connectivity index (χ0) is 10.1. The fourth-order valence-corrected chi connectivity index (χ4v) is 4.44. The molecule has 0 fully saturated rings. The van der Waals surface area contributed by atoms with Gasteiger partial charge in [-0.3, -0.25) is 0 Å². The molecule has 0 saturated heterocycles. The van der Waals surface area contributed by atoms with Gasteiger partial charge >= 0.3 is 0 Å². The Labute approximate surface area is 105 Å². The first kappa shape index (κ1) is 10.7. The molecule has 0 aliphatic carbocycles. The molecule has 0 saturated carbocycles. The lowest BCUT2D eigenvalue weighted by Crippen LogP contribution is -1.84. The molecule has 0 aliphatic rings. The maximum atomic E-state index is 6.08. The van der Waals surface area contributed by atoms with Crippen molar-refractivity contribution in [1.29, 1.82) is 0 Å². The van der Waals surface area contributed by atoms with E-state index in [1.54, 1.807) is 22.7 Å². The van der Waals surface area contributed by atoms with E-state index in [4.69, 9.17) is 11.6 Å². The molecule has 0 bridgehead atoms. The second kappa shape index (κ2) is 4.35. The molecule has 2 aromatic rings. The lowest BCUT2D eigenvalue weighted by molar-refractivity contribution is 1.29. The van der Waals surface area contributed by atoms with Crippen LogP contribution in [0.15, 0.2) is 23.6 Å². The van der Waals surface area contributed by atoms with Crippen LogP contribution in [0.25, 0.3) is 0 Å². The highest BCUT2D eigenvalue weighted by molar-refractivity contribution is 9.09. The lowest BCUT2D eigenvalue weighted by Gasteiger charge is -2.04. The van der Waals surface area contributed by atoms with E-state index >= 15 is 0 Å². The minimum Gasteiger partial charge on any atom is -0.146 e. The van der Waals surface area contributed by atoms with Crippen LogP contribution in [-0.4, -0.2) is 0 Å². The summed E-state index contributed by atoms with van der Waals surface area (Å²) in [5.41, 5.74) is 0. The van der Waals surface area contributed by atoms with Gasteiger partial charge in [0.2, 0.25) is 0 Å². The molecule has 0 spiro atoms. The Bertz CT molecular complexity index is 433. The number of halogens is 2. The summed E-state index contributed by atoms with van der Waals surface area (Å²) in [5.74, 6) is 0. The second-order valence-corrected chi connectivity index (χ2v) is 6.53. The van der Waals surface area contributed by atoms with Gasteiger partial charge in [0.05, 0.1) is 9.85 Å². The van der Waals surface area contributed by atoms with Gasteiger partial charge in [-0.05, 0) is 30.5 Å². The highest BCUT2D eigenvalue weighted by atomic mass is 79.9. The molecule has 1 unspecified atom stereocenters. The van der Waals surface area contributed by atoms with Crippen molar-refractivity contribution in [3.63, 3.8) is 0 Å². The Hall–Kier alpha value is 0.170. The van der Waals surface area contributed by atoms with Gasteiger partial charge in [-0.15, -0.1) is 22.7 Å². The molecule has 0 aromatic carbocycles. The summed E-state index contributed by atoms with van der Waals surface area (Å²) < 4.78 is 0. The van der Waals surface area contributed by atoms with Gasteiger partial charge in [-0.25, -0.2) is 0 Å². The van der Waals surface area contributed by atoms with Crippen molar-refractivity contribution in [2.45, 2.75) is 11.8 Å². The van der Waals surface area contributed by atoms with Crippen LogP contribution in [0.4, 0.5) is 0 Å². The zero-order valence-electron chi connectivity index (χ0n) is 7.46. The van der Waals surface area contributed by atoms with E-state index in [9.17, 15) is 0 Å². The van der Waals surface area contributed by atoms with E-state index in [0.717, 1.165) is 5.02 Å². The molecule has 0 radical (unpaired) electrons. The van der Waals surface area contributed by atoms with E-state index in [2.05, 4.69) is 35.0 Å². The van der Waals surface area contributed by atoms with E-state index in [-0.39, 0.29) is 4.83 Å². The van der Waals surface area contributed by atoms with Gasteiger partial charge in [0.25, 0.3) is 0 Å². The summed E-state index contributed by atoms with van der Waals surface area (Å²) in [6, 6.07) is 6.22. The molecule has 4 heteroatoms. The van der Waals surface area contributed by atoms with Gasteiger partial charge in [0.1, 0.15) is 0 Å². The molecular weight excluding hydrogens is 300 g/mol. The fourth-order valence-electron chi connectivity index (χ4n) is 1.21. The van der Waals surface area contributed by atoms with E-state index in [1.165, 1.54) is 14.6 Å². The van der Waals surface area contributed by atoms with E-state index < -0.39 is 0 Å². The van der Waals surface area contributed by atoms with Crippen molar-refractivity contribution in [2.75, 3.05) is 0 Å². The number of thiophene rings is 2. The standard InChI is InChI=1S/C10H8BrClS2/c1-6-2-3-8(14-6)9(11)10-7(12)4-5-13-10/h2-5,9H,1H3. The number of hydrogen-bond acceptors (Lipinski definition) is 2. The zero-order valence-corrected chi connectivity index (χ0v) is 11.4. The van der Waals surface area contributed by atoms with Crippen LogP contribution in [0.2, 0.25) is 5.02 Å². The third kappa shape index (κ3) is 2.06. The molecule has 1 atom stereocenters. The van der Waals surface area contributed by atoms with Crippen LogP contribution in [0.1, 0.15) is 19.5 Å². The van der Waals surface area contributed by atoms with E-state index in [0.29, 0.717) is 0 Å². The summed E-state index contributed by atoms with van der Waals surface area (Å²) in [4.78, 5) is 4.08. The predicted molar refractivity (Wildman–Crippen MR) is 69.2 cm³/mol. The molecule has 0 N–H and O–H groups in total. The van der Waals surface area contributed by atoms with E-state index in [1.807, 2.05) is 11.4 Å². The summed E-state index contributed by atoms with van der Waals surface area (Å²) in [7, 11) is 0. The largest absolute Gasteiger partial charge is 0.146 e. The van der Waals surface area contributed by atoms with Gasteiger partial charge in [0.15, 0.2) is 0 Å². The first-order valence-electron chi connectivity index (χ1n) is 4.12. The first-order valence-corrected chi connectivity index (χ1v) is 7.11. The number of alkyl halides is 1. The highest BCUT2D eigenvalue weighted by Crippen LogP contribution is 2.41. The molecule has 0 amide bonds. The van der Waals surface area contributed by atoms with Crippen molar-refractivity contribution in [1.82, 2.24) is 0 Å². The van der Waals surface area contributed by atoms with Crippen molar-refractivity contribution >= 4 is 50.2 Å². The molecule has 2 rings (SSSR count). The minimum atomic E-state index is 0.244. The Balaban J connectivity index is 2.33. The van der Waals surface area contributed by atoms with Crippen LogP contribution in [0.5, 0.6) is 0 Å². The number of rotatable bonds is 2. The Morgan fingerprint density at radius 3 is 2.64 bits per heavy atom. The molecule has 2 heterocycles. The Morgan fingerprint density at radius 1 is 1.36 bits per heavy atom. The van der Waals surface area contributed by atoms with Crippen LogP contribution < -0.4 is 0 Å². The molecule has 2 aromatic heterocycles. The maximum Gasteiger partial charge on any atom is 0.0845 e. The van der Waals surface area contributed by atoms with Gasteiger partial charge < -0.3 is 0 Å². The summed E-state index contributed by atoms with van der Waals surface area (Å²) in [6.45, 7) is 2.11. The van der Waals surface area contributed by atoms with Gasteiger partial charge in [-0.2, -0.15) is 0 Å². The fraction of sp³-hybridized carbons (Fsp3) is 0.200. The van der Waals surface area contributed by atoms with Crippen molar-refractivity contribution in [3.8, 4) is 0 Å². The molecule has 0 nitrogen and oxygen atoms in total. The second-order valence-electron chi connectivity index (χ2n) is 2.94. The predicted octanol–water partition coefficient (Wildman–Crippen LogP) is 5.26. The highest BCUT2D eigenvalue weighted by Gasteiger charge is 2.16. The third-order valence-electron chi connectivity index (χ3n) is 1.89. The summed E-state index contributed by atoms with van der Waals surface area (Å²) in [5, 5.41) is 2.87. The molecule has 14 heavy (non-hydrogen) atoms. The third-order valence-corrected chi connectivity index (χ3v) is 5.93. The topological polar surface area (TPSA) is 0 Å². The minimum absolute atomic E-state index is 0.244. The molecular formula is C10H8BrClS2. The average Bonchev–Trinajstić information content (AvgIpc) is 2.73. The Kier molecular flexibility index (Phi) is 3.32. The van der Waals surface area contributed by atoms with Crippen LogP contribution >= 0.6 is 50.2 Å². The van der Waals surface area contributed by atoms with Crippen LogP contribution in [0.3, 0.4) is 0 Å². The lowest BCUT2D eigenvalue weighted by atomic mass is 10.3. The van der Waals surface area contributed by atoms with Gasteiger partial charge in [0, 0.05) is 14.6 Å². The van der Waals surface area contributed by atoms with Crippen molar-refractivity contribution in [2.24, 2.45) is 0 Å². The number of hydrogen-bond donors (Lipinski definition) is 0. The molecule has 0 aliphatic heterocycles. The normalized spacial score (nSPS) is 13.1. The monoisotopic (exact) mass is 306 g/mol. The van der Waals surface area contributed by atoms with Crippen molar-refractivity contribution in [3.05, 3.63) is 43.2 Å². The number of aryl methyl sites for hydroxylation is 1. The van der Waals surface area contributed by atoms with Crippen LogP contribution in [-0.2, 0) is 0 Å². The van der Waals surface area contributed by atoms with Crippen LogP contribution in [0, 0.1) is 6.92 Å². The quantitative estimate of drug-likeness (QED) is 0.664. The first-order chi connectivity index (χ1) is 6.68. The smallest absolute Gasteiger partial charge is 0.0845 e. The average molecular weight is 308 g/mol. The Morgan fingerprint density at radius 2 is 2.14 bits per heavy atom.